The van der Waals surface area contributed by atoms with Crippen molar-refractivity contribution in [2.75, 3.05) is 16.3 Å². The average Bonchev–Trinajstić information content (AvgIpc) is 3.25. The summed E-state index contributed by atoms with van der Waals surface area (Å²) in [7, 11) is 0. The fourth-order valence-corrected chi connectivity index (χ4v) is 4.77. The fourth-order valence-electron chi connectivity index (χ4n) is 3.91. The lowest BCUT2D eigenvalue weighted by atomic mass is 9.95. The third kappa shape index (κ3) is 4.65. The number of nitrogens with zero attached hydrogens (tertiary/aromatic N) is 3. The van der Waals surface area contributed by atoms with Gasteiger partial charge >= 0.3 is 0 Å². The van der Waals surface area contributed by atoms with Crippen LogP contribution in [0.2, 0.25) is 0 Å². The van der Waals surface area contributed by atoms with E-state index in [0.29, 0.717) is 23.3 Å². The van der Waals surface area contributed by atoms with Crippen molar-refractivity contribution in [3.8, 4) is 0 Å². The van der Waals surface area contributed by atoms with Crippen molar-refractivity contribution < 1.29 is 9.59 Å². The summed E-state index contributed by atoms with van der Waals surface area (Å²) >= 11 is 1.38. The number of benzene rings is 2. The molecule has 0 atom stereocenters. The first-order chi connectivity index (χ1) is 15.4. The zero-order chi connectivity index (χ0) is 22.7. The molecule has 1 aliphatic rings. The molecule has 5 nitrogen and oxygen atoms in total. The van der Waals surface area contributed by atoms with Gasteiger partial charge in [0.25, 0.3) is 5.91 Å². The number of carbonyl (C=O) groups is 2. The Morgan fingerprint density at radius 3 is 2.66 bits per heavy atom. The molecule has 0 saturated carbocycles. The van der Waals surface area contributed by atoms with Crippen LogP contribution < -0.4 is 9.80 Å². The first kappa shape index (κ1) is 22.0. The Labute approximate surface area is 193 Å². The highest BCUT2D eigenvalue weighted by molar-refractivity contribution is 7.14. The molecule has 0 aliphatic carbocycles. The molecule has 2 amide bonds. The van der Waals surface area contributed by atoms with Gasteiger partial charge in [-0.05, 0) is 54.2 Å². The Bertz CT molecular complexity index is 1150. The number of aromatic nitrogens is 1. The molecule has 4 rings (SSSR count). The minimum atomic E-state index is -0.108. The molecule has 0 fully saturated rings. The van der Waals surface area contributed by atoms with Crippen LogP contribution in [0, 0.1) is 0 Å². The smallest absolute Gasteiger partial charge is 0.251 e. The van der Waals surface area contributed by atoms with Crippen LogP contribution in [0.15, 0.2) is 60.0 Å². The average molecular weight is 446 g/mol. The zero-order valence-electron chi connectivity index (χ0n) is 18.6. The second kappa shape index (κ2) is 9.49. The van der Waals surface area contributed by atoms with E-state index in [-0.39, 0.29) is 11.8 Å². The van der Waals surface area contributed by atoms with Gasteiger partial charge in [-0.25, -0.2) is 4.98 Å². The van der Waals surface area contributed by atoms with Gasteiger partial charge in [0.15, 0.2) is 5.13 Å². The van der Waals surface area contributed by atoms with E-state index in [4.69, 9.17) is 0 Å². The van der Waals surface area contributed by atoms with Gasteiger partial charge in [0.05, 0.1) is 11.4 Å². The molecule has 2 aromatic carbocycles. The lowest BCUT2D eigenvalue weighted by Crippen LogP contribution is -2.34. The van der Waals surface area contributed by atoms with Gasteiger partial charge < -0.3 is 4.90 Å². The molecule has 6 heteroatoms. The summed E-state index contributed by atoms with van der Waals surface area (Å²) < 4.78 is 0. The van der Waals surface area contributed by atoms with Gasteiger partial charge in [0.2, 0.25) is 5.91 Å². The molecule has 2 heterocycles. The SMILES string of the molecule is CC(=O)N(c1ccccc1)c1nc(/C=C/C(=O)N2CCCc3cc(C(C)C)ccc32)cs1. The van der Waals surface area contributed by atoms with Crippen LogP contribution in [0.5, 0.6) is 0 Å². The van der Waals surface area contributed by atoms with Crippen molar-refractivity contribution in [3.05, 3.63) is 76.8 Å². The quantitative estimate of drug-likeness (QED) is 0.457. The molecule has 1 aliphatic heterocycles. The van der Waals surface area contributed by atoms with Crippen LogP contribution >= 0.6 is 11.3 Å². The Morgan fingerprint density at radius 2 is 1.94 bits per heavy atom. The van der Waals surface area contributed by atoms with Crippen LogP contribution in [0.4, 0.5) is 16.5 Å². The molecule has 0 unspecified atom stereocenters. The maximum absolute atomic E-state index is 13.0. The van der Waals surface area contributed by atoms with Crippen molar-refractivity contribution in [3.63, 3.8) is 0 Å². The number of aryl methyl sites for hydroxylation is 1. The van der Waals surface area contributed by atoms with Gasteiger partial charge in [0, 0.05) is 30.6 Å². The highest BCUT2D eigenvalue weighted by Crippen LogP contribution is 2.31. The van der Waals surface area contributed by atoms with E-state index >= 15 is 0 Å². The van der Waals surface area contributed by atoms with Gasteiger partial charge in [-0.15, -0.1) is 11.3 Å². The Balaban J connectivity index is 1.52. The number of hydrogen-bond donors (Lipinski definition) is 0. The van der Waals surface area contributed by atoms with E-state index in [1.165, 1.54) is 29.4 Å². The Morgan fingerprint density at radius 1 is 1.16 bits per heavy atom. The standard InChI is InChI=1S/C26H27N3O2S/c1-18(2)20-11-13-24-21(16-20)8-7-15-28(24)25(31)14-12-22-17-32-26(27-22)29(19(3)30)23-9-5-4-6-10-23/h4-6,9-14,16-18H,7-8,15H2,1-3H3/b14-12+. The normalized spacial score (nSPS) is 13.4. The predicted octanol–water partition coefficient (Wildman–Crippen LogP) is 5.94. The summed E-state index contributed by atoms with van der Waals surface area (Å²) in [5, 5.41) is 2.44. The minimum absolute atomic E-state index is 0.0516. The number of amides is 2. The van der Waals surface area contributed by atoms with E-state index in [0.717, 1.165) is 24.2 Å². The minimum Gasteiger partial charge on any atom is -0.309 e. The van der Waals surface area contributed by atoms with Crippen LogP contribution in [-0.2, 0) is 16.0 Å². The molecule has 32 heavy (non-hydrogen) atoms. The van der Waals surface area contributed by atoms with Crippen LogP contribution in [0.25, 0.3) is 6.08 Å². The summed E-state index contributed by atoms with van der Waals surface area (Å²) in [4.78, 5) is 33.2. The topological polar surface area (TPSA) is 53.5 Å². The van der Waals surface area contributed by atoms with Crippen LogP contribution in [-0.4, -0.2) is 23.3 Å². The monoisotopic (exact) mass is 445 g/mol. The third-order valence-corrected chi connectivity index (χ3v) is 6.43. The van der Waals surface area contributed by atoms with Crippen LogP contribution in [0.3, 0.4) is 0 Å². The molecule has 0 bridgehead atoms. The van der Waals surface area contributed by atoms with Crippen molar-refractivity contribution in [1.82, 2.24) is 4.98 Å². The first-order valence-corrected chi connectivity index (χ1v) is 11.8. The molecule has 0 radical (unpaired) electrons. The number of carbonyl (C=O) groups excluding carboxylic acids is 2. The van der Waals surface area contributed by atoms with E-state index in [1.807, 2.05) is 40.6 Å². The van der Waals surface area contributed by atoms with E-state index in [2.05, 4.69) is 37.0 Å². The molecular formula is C26H27N3O2S. The maximum atomic E-state index is 13.0. The summed E-state index contributed by atoms with van der Waals surface area (Å²) in [6.07, 6.45) is 5.26. The second-order valence-electron chi connectivity index (χ2n) is 8.21. The van der Waals surface area contributed by atoms with Gasteiger partial charge in [-0.2, -0.15) is 0 Å². The van der Waals surface area contributed by atoms with Crippen molar-refractivity contribution in [2.45, 2.75) is 39.5 Å². The fraction of sp³-hybridized carbons (Fsp3) is 0.269. The predicted molar refractivity (Wildman–Crippen MR) is 132 cm³/mol. The zero-order valence-corrected chi connectivity index (χ0v) is 19.4. The highest BCUT2D eigenvalue weighted by atomic mass is 32.1. The van der Waals surface area contributed by atoms with Crippen molar-refractivity contribution >= 4 is 45.7 Å². The van der Waals surface area contributed by atoms with Gasteiger partial charge in [-0.3, -0.25) is 14.5 Å². The number of hydrogen-bond acceptors (Lipinski definition) is 4. The summed E-state index contributed by atoms with van der Waals surface area (Å²) in [5.41, 5.74) is 4.97. The Hall–Kier alpha value is -3.25. The first-order valence-electron chi connectivity index (χ1n) is 10.9. The summed E-state index contributed by atoms with van der Waals surface area (Å²) in [6.45, 7) is 6.60. The third-order valence-electron chi connectivity index (χ3n) is 5.58. The second-order valence-corrected chi connectivity index (χ2v) is 9.05. The van der Waals surface area contributed by atoms with Crippen LogP contribution in [0.1, 0.15) is 49.9 Å². The highest BCUT2D eigenvalue weighted by Gasteiger charge is 2.22. The molecular weight excluding hydrogens is 418 g/mol. The summed E-state index contributed by atoms with van der Waals surface area (Å²) in [5.74, 6) is 0.308. The molecule has 0 spiro atoms. The van der Waals surface area contributed by atoms with E-state index in [1.54, 1.807) is 17.1 Å². The van der Waals surface area contributed by atoms with Crippen molar-refractivity contribution in [1.29, 1.82) is 0 Å². The number of fused-ring (bicyclic) bond motifs is 1. The maximum Gasteiger partial charge on any atom is 0.251 e. The molecule has 0 saturated heterocycles. The van der Waals surface area contributed by atoms with E-state index < -0.39 is 0 Å². The molecule has 1 aromatic heterocycles. The van der Waals surface area contributed by atoms with Gasteiger partial charge in [-0.1, -0.05) is 44.2 Å². The molecule has 3 aromatic rings. The summed E-state index contributed by atoms with van der Waals surface area (Å²) in [6, 6.07) is 15.9. The largest absolute Gasteiger partial charge is 0.309 e. The number of rotatable bonds is 5. The van der Waals surface area contributed by atoms with Gasteiger partial charge in [0.1, 0.15) is 0 Å². The Kier molecular flexibility index (Phi) is 6.51. The van der Waals surface area contributed by atoms with E-state index in [9.17, 15) is 9.59 Å². The number of anilines is 3. The lowest BCUT2D eigenvalue weighted by Gasteiger charge is -2.29. The van der Waals surface area contributed by atoms with Crippen molar-refractivity contribution in [2.24, 2.45) is 0 Å². The number of para-hydroxylation sites is 1. The molecule has 164 valence electrons. The lowest BCUT2D eigenvalue weighted by molar-refractivity contribution is -0.116. The number of thiazole rings is 1. The molecule has 0 N–H and O–H groups in total.